The molecule has 1 aliphatic rings. The summed E-state index contributed by atoms with van der Waals surface area (Å²) in [6.45, 7) is 0. The van der Waals surface area contributed by atoms with Crippen molar-refractivity contribution in [3.05, 3.63) is 35.9 Å². The summed E-state index contributed by atoms with van der Waals surface area (Å²) in [5.41, 5.74) is 1.51. The van der Waals surface area contributed by atoms with Crippen LogP contribution in [0, 0.1) is 0 Å². The Hall–Kier alpha value is -1.49. The van der Waals surface area contributed by atoms with Crippen LogP contribution in [0.3, 0.4) is 0 Å². The van der Waals surface area contributed by atoms with E-state index < -0.39 is 12.5 Å². The lowest BCUT2D eigenvalue weighted by Gasteiger charge is -2.10. The van der Waals surface area contributed by atoms with Gasteiger partial charge in [0.05, 0.1) is 6.10 Å². The molecular formula is C12H11F3O2. The molecule has 0 amide bonds. The Kier molecular flexibility index (Phi) is 3.11. The van der Waals surface area contributed by atoms with Crippen LogP contribution in [0.25, 0.3) is 5.57 Å². The van der Waals surface area contributed by atoms with E-state index in [0.717, 1.165) is 5.57 Å². The fraction of sp³-hybridized carbons (Fsp3) is 0.333. The highest BCUT2D eigenvalue weighted by molar-refractivity contribution is 5.68. The molecule has 1 atom stereocenters. The fourth-order valence-electron chi connectivity index (χ4n) is 1.84. The zero-order valence-corrected chi connectivity index (χ0v) is 8.87. The molecule has 17 heavy (non-hydrogen) atoms. The molecule has 2 rings (SSSR count). The highest BCUT2D eigenvalue weighted by atomic mass is 19.4. The fourth-order valence-corrected chi connectivity index (χ4v) is 1.84. The van der Waals surface area contributed by atoms with Gasteiger partial charge in [0.15, 0.2) is 0 Å². The number of hydrogen-bond donors (Lipinski definition) is 1. The number of benzene rings is 1. The lowest BCUT2D eigenvalue weighted by Crippen LogP contribution is -2.17. The maximum absolute atomic E-state index is 12.0. The molecule has 0 fully saturated rings. The lowest BCUT2D eigenvalue weighted by atomic mass is 10.1. The highest BCUT2D eigenvalue weighted by Crippen LogP contribution is 2.31. The monoisotopic (exact) mass is 244 g/mol. The van der Waals surface area contributed by atoms with E-state index in [0.29, 0.717) is 18.4 Å². The molecular weight excluding hydrogens is 233 g/mol. The van der Waals surface area contributed by atoms with E-state index in [4.69, 9.17) is 0 Å². The first-order valence-electron chi connectivity index (χ1n) is 5.19. The molecule has 1 N–H and O–H groups in total. The number of alkyl halides is 3. The summed E-state index contributed by atoms with van der Waals surface area (Å²) >= 11 is 0. The quantitative estimate of drug-likeness (QED) is 0.866. The molecule has 0 saturated carbocycles. The number of halogens is 3. The standard InChI is InChI=1S/C12H11F3O2/c13-12(14,15)17-11-3-1-2-8(7-11)9-4-5-10(16)6-9/h1-3,6-7,10,16H,4-5H2. The van der Waals surface area contributed by atoms with Gasteiger partial charge in [-0.05, 0) is 36.1 Å². The Morgan fingerprint density at radius 1 is 1.29 bits per heavy atom. The number of rotatable bonds is 2. The molecule has 0 aromatic heterocycles. The molecule has 1 aromatic carbocycles. The first kappa shape index (κ1) is 12.0. The van der Waals surface area contributed by atoms with Gasteiger partial charge in [-0.15, -0.1) is 13.2 Å². The van der Waals surface area contributed by atoms with Gasteiger partial charge in [-0.25, -0.2) is 0 Å². The second-order valence-corrected chi connectivity index (χ2v) is 3.87. The second-order valence-electron chi connectivity index (χ2n) is 3.87. The van der Waals surface area contributed by atoms with Crippen LogP contribution >= 0.6 is 0 Å². The summed E-state index contributed by atoms with van der Waals surface area (Å²) in [6, 6.07) is 5.79. The van der Waals surface area contributed by atoms with E-state index in [9.17, 15) is 18.3 Å². The maximum atomic E-state index is 12.0. The predicted octanol–water partition coefficient (Wildman–Crippen LogP) is 3.12. The molecule has 1 aromatic rings. The highest BCUT2D eigenvalue weighted by Gasteiger charge is 2.31. The zero-order valence-electron chi connectivity index (χ0n) is 8.87. The second kappa shape index (κ2) is 4.41. The van der Waals surface area contributed by atoms with E-state index in [2.05, 4.69) is 4.74 Å². The Morgan fingerprint density at radius 2 is 2.06 bits per heavy atom. The summed E-state index contributed by atoms with van der Waals surface area (Å²) in [6.07, 6.45) is -2.25. The van der Waals surface area contributed by atoms with Crippen LogP contribution in [0.15, 0.2) is 30.3 Å². The summed E-state index contributed by atoms with van der Waals surface area (Å²) < 4.78 is 39.9. The van der Waals surface area contributed by atoms with Gasteiger partial charge in [0.25, 0.3) is 0 Å². The maximum Gasteiger partial charge on any atom is 0.573 e. The van der Waals surface area contributed by atoms with E-state index in [1.807, 2.05) is 0 Å². The molecule has 0 radical (unpaired) electrons. The van der Waals surface area contributed by atoms with E-state index in [-0.39, 0.29) is 5.75 Å². The van der Waals surface area contributed by atoms with Gasteiger partial charge in [0, 0.05) is 0 Å². The lowest BCUT2D eigenvalue weighted by molar-refractivity contribution is -0.274. The van der Waals surface area contributed by atoms with Gasteiger partial charge >= 0.3 is 6.36 Å². The normalized spacial score (nSPS) is 20.2. The minimum absolute atomic E-state index is 0.239. The van der Waals surface area contributed by atoms with Crippen molar-refractivity contribution in [3.63, 3.8) is 0 Å². The molecule has 5 heteroatoms. The van der Waals surface area contributed by atoms with Crippen molar-refractivity contribution in [2.24, 2.45) is 0 Å². The SMILES string of the molecule is OC1C=C(c2cccc(OC(F)(F)F)c2)CC1. The van der Waals surface area contributed by atoms with E-state index >= 15 is 0 Å². The van der Waals surface area contributed by atoms with Crippen LogP contribution in [0.1, 0.15) is 18.4 Å². The van der Waals surface area contributed by atoms with Crippen LogP contribution in [-0.2, 0) is 0 Å². The molecule has 0 heterocycles. The zero-order chi connectivity index (χ0) is 12.5. The van der Waals surface area contributed by atoms with Crippen molar-refractivity contribution < 1.29 is 23.0 Å². The Bertz CT molecular complexity index is 438. The van der Waals surface area contributed by atoms with Gasteiger partial charge < -0.3 is 9.84 Å². The average Bonchev–Trinajstić information content (AvgIpc) is 2.63. The van der Waals surface area contributed by atoms with Crippen molar-refractivity contribution in [3.8, 4) is 5.75 Å². The van der Waals surface area contributed by atoms with Crippen molar-refractivity contribution >= 4 is 5.57 Å². The van der Waals surface area contributed by atoms with Crippen LogP contribution in [0.4, 0.5) is 13.2 Å². The Morgan fingerprint density at radius 3 is 2.65 bits per heavy atom. The molecule has 0 saturated heterocycles. The number of aliphatic hydroxyl groups excluding tert-OH is 1. The number of aliphatic hydroxyl groups is 1. The van der Waals surface area contributed by atoms with Gasteiger partial charge in [0.2, 0.25) is 0 Å². The third-order valence-corrected chi connectivity index (χ3v) is 2.54. The smallest absolute Gasteiger partial charge is 0.406 e. The third-order valence-electron chi connectivity index (χ3n) is 2.54. The van der Waals surface area contributed by atoms with E-state index in [1.165, 1.54) is 18.2 Å². The van der Waals surface area contributed by atoms with Crippen LogP contribution in [0.2, 0.25) is 0 Å². The average molecular weight is 244 g/mol. The van der Waals surface area contributed by atoms with Crippen molar-refractivity contribution in [2.45, 2.75) is 25.3 Å². The summed E-state index contributed by atoms with van der Waals surface area (Å²) in [5.74, 6) is -0.239. The first-order chi connectivity index (χ1) is 7.94. The Balaban J connectivity index is 2.20. The molecule has 1 aliphatic carbocycles. The number of hydrogen-bond acceptors (Lipinski definition) is 2. The van der Waals surface area contributed by atoms with Crippen LogP contribution < -0.4 is 4.74 Å². The summed E-state index contributed by atoms with van der Waals surface area (Å²) in [4.78, 5) is 0. The first-order valence-corrected chi connectivity index (χ1v) is 5.19. The van der Waals surface area contributed by atoms with Gasteiger partial charge in [0.1, 0.15) is 5.75 Å². The molecule has 0 aliphatic heterocycles. The molecule has 92 valence electrons. The largest absolute Gasteiger partial charge is 0.573 e. The summed E-state index contributed by atoms with van der Waals surface area (Å²) in [5, 5.41) is 9.33. The predicted molar refractivity (Wildman–Crippen MR) is 56.3 cm³/mol. The van der Waals surface area contributed by atoms with Crippen molar-refractivity contribution in [2.75, 3.05) is 0 Å². The molecule has 1 unspecified atom stereocenters. The third kappa shape index (κ3) is 3.23. The van der Waals surface area contributed by atoms with Gasteiger partial charge in [-0.2, -0.15) is 0 Å². The minimum Gasteiger partial charge on any atom is -0.406 e. The topological polar surface area (TPSA) is 29.5 Å². The molecule has 0 bridgehead atoms. The number of ether oxygens (including phenoxy) is 1. The van der Waals surface area contributed by atoms with Gasteiger partial charge in [-0.3, -0.25) is 0 Å². The Labute approximate surface area is 96.3 Å². The summed E-state index contributed by atoms with van der Waals surface area (Å²) in [7, 11) is 0. The molecule has 0 spiro atoms. The van der Waals surface area contributed by atoms with Crippen LogP contribution in [-0.4, -0.2) is 17.6 Å². The van der Waals surface area contributed by atoms with Crippen LogP contribution in [0.5, 0.6) is 5.75 Å². The van der Waals surface area contributed by atoms with Crippen molar-refractivity contribution in [1.29, 1.82) is 0 Å². The van der Waals surface area contributed by atoms with E-state index in [1.54, 1.807) is 12.1 Å². The molecule has 2 nitrogen and oxygen atoms in total. The minimum atomic E-state index is -4.68. The van der Waals surface area contributed by atoms with Crippen molar-refractivity contribution in [1.82, 2.24) is 0 Å². The van der Waals surface area contributed by atoms with Gasteiger partial charge in [-0.1, -0.05) is 18.2 Å². The number of allylic oxidation sites excluding steroid dienone is 1.